The van der Waals surface area contributed by atoms with E-state index in [1.54, 1.807) is 30.0 Å². The Morgan fingerprint density at radius 2 is 2.00 bits per heavy atom. The molecule has 0 atom stereocenters. The van der Waals surface area contributed by atoms with Gasteiger partial charge in [-0.2, -0.15) is 0 Å². The van der Waals surface area contributed by atoms with Crippen LogP contribution in [-0.2, 0) is 6.42 Å². The van der Waals surface area contributed by atoms with Crippen LogP contribution in [-0.4, -0.2) is 28.1 Å². The third kappa shape index (κ3) is 2.51. The highest BCUT2D eigenvalue weighted by Gasteiger charge is 2.35. The summed E-state index contributed by atoms with van der Waals surface area (Å²) in [7, 11) is 0. The van der Waals surface area contributed by atoms with E-state index in [0.29, 0.717) is 5.71 Å². The summed E-state index contributed by atoms with van der Waals surface area (Å²) < 4.78 is 1.12. The van der Waals surface area contributed by atoms with E-state index in [1.807, 2.05) is 6.26 Å². The minimum Gasteiger partial charge on any atom is -0.411 e. The Morgan fingerprint density at radius 3 is 2.53 bits per heavy atom. The van der Waals surface area contributed by atoms with Gasteiger partial charge in [-0.05, 0) is 37.0 Å². The number of hydrogen-bond donors (Lipinski definition) is 2. The van der Waals surface area contributed by atoms with Gasteiger partial charge >= 0.3 is 0 Å². The molecular weight excluding hydrogens is 280 g/mol. The summed E-state index contributed by atoms with van der Waals surface area (Å²) in [5, 5.41) is 25.2. The number of fused-ring (bicyclic) bond motifs is 1. The highest BCUT2D eigenvalue weighted by molar-refractivity contribution is 8.00. The zero-order valence-electron chi connectivity index (χ0n) is 11.5. The second kappa shape index (κ2) is 5.17. The van der Waals surface area contributed by atoms with Crippen molar-refractivity contribution in [3.63, 3.8) is 0 Å². The third-order valence-corrected chi connectivity index (χ3v) is 5.81. The molecule has 0 fully saturated rings. The number of nitrogens with zero attached hydrogens (tertiary/aromatic N) is 2. The fourth-order valence-corrected chi connectivity index (χ4v) is 4.60. The highest BCUT2D eigenvalue weighted by atomic mass is 32.2. The van der Waals surface area contributed by atoms with E-state index in [-0.39, 0.29) is 5.41 Å². The van der Waals surface area contributed by atoms with Crippen LogP contribution in [0.5, 0.6) is 0 Å². The molecule has 2 N–H and O–H groups in total. The third-order valence-electron chi connectivity index (χ3n) is 3.35. The zero-order valence-corrected chi connectivity index (χ0v) is 13.2. The lowest BCUT2D eigenvalue weighted by Crippen LogP contribution is -2.27. The lowest BCUT2D eigenvalue weighted by atomic mass is 9.74. The lowest BCUT2D eigenvalue weighted by molar-refractivity contribution is 0.306. The number of hydrogen-bond acceptors (Lipinski definition) is 6. The molecule has 1 aromatic heterocycles. The zero-order chi connectivity index (χ0) is 14.2. The number of oxime groups is 2. The molecule has 0 saturated heterocycles. The van der Waals surface area contributed by atoms with Crippen molar-refractivity contribution in [2.45, 2.75) is 37.8 Å². The smallest absolute Gasteiger partial charge is 0.0939 e. The molecule has 2 rings (SSSR count). The maximum absolute atomic E-state index is 9.30. The van der Waals surface area contributed by atoms with Crippen molar-refractivity contribution in [3.8, 4) is 0 Å². The minimum atomic E-state index is 0.0514. The first-order valence-electron chi connectivity index (χ1n) is 6.03. The van der Waals surface area contributed by atoms with E-state index in [9.17, 15) is 5.21 Å². The van der Waals surface area contributed by atoms with Crippen LogP contribution in [0.3, 0.4) is 0 Å². The summed E-state index contributed by atoms with van der Waals surface area (Å²) in [6.07, 6.45) is 3.67. The van der Waals surface area contributed by atoms with E-state index in [0.717, 1.165) is 38.8 Å². The van der Waals surface area contributed by atoms with E-state index < -0.39 is 0 Å². The van der Waals surface area contributed by atoms with Crippen LogP contribution < -0.4 is 0 Å². The Kier molecular flexibility index (Phi) is 3.92. The molecule has 0 aromatic carbocycles. The molecular formula is C13H18N2O2S2. The Bertz CT molecular complexity index is 559. The molecule has 0 bridgehead atoms. The summed E-state index contributed by atoms with van der Waals surface area (Å²) >= 11 is 3.25. The quantitative estimate of drug-likeness (QED) is 0.377. The first-order valence-corrected chi connectivity index (χ1v) is 8.07. The van der Waals surface area contributed by atoms with Gasteiger partial charge in [0.2, 0.25) is 0 Å². The molecule has 104 valence electrons. The van der Waals surface area contributed by atoms with E-state index >= 15 is 0 Å². The standard InChI is InChI=1S/C13H18N2O2S2/c1-7(14-16)11-8-5-13(2,3)6-9(15-17)10(8)12(18-4)19-11/h16-17H,5-6H2,1-4H3/b14-7+,15-9+. The molecule has 0 radical (unpaired) electrons. The van der Waals surface area contributed by atoms with Crippen LogP contribution in [0.1, 0.15) is 43.2 Å². The molecule has 0 aliphatic heterocycles. The van der Waals surface area contributed by atoms with E-state index in [4.69, 9.17) is 5.21 Å². The normalized spacial score (nSPS) is 20.6. The van der Waals surface area contributed by atoms with Gasteiger partial charge in [0.25, 0.3) is 0 Å². The van der Waals surface area contributed by atoms with Crippen LogP contribution in [0, 0.1) is 5.41 Å². The fraction of sp³-hybridized carbons (Fsp3) is 0.538. The van der Waals surface area contributed by atoms with E-state index in [2.05, 4.69) is 24.2 Å². The van der Waals surface area contributed by atoms with Crippen LogP contribution in [0.25, 0.3) is 0 Å². The van der Waals surface area contributed by atoms with Crippen LogP contribution in [0.2, 0.25) is 0 Å². The van der Waals surface area contributed by atoms with Gasteiger partial charge in [-0.3, -0.25) is 0 Å². The second-order valence-electron chi connectivity index (χ2n) is 5.53. The summed E-state index contributed by atoms with van der Waals surface area (Å²) in [5.41, 5.74) is 3.60. The van der Waals surface area contributed by atoms with Crippen molar-refractivity contribution in [1.29, 1.82) is 0 Å². The maximum Gasteiger partial charge on any atom is 0.0939 e. The average Bonchev–Trinajstić information content (AvgIpc) is 2.73. The molecule has 0 unspecified atom stereocenters. The first kappa shape index (κ1) is 14.4. The monoisotopic (exact) mass is 298 g/mol. The largest absolute Gasteiger partial charge is 0.411 e. The summed E-state index contributed by atoms with van der Waals surface area (Å²) in [6, 6.07) is 0. The first-order chi connectivity index (χ1) is 8.93. The predicted octanol–water partition coefficient (Wildman–Crippen LogP) is 3.82. The van der Waals surface area contributed by atoms with Crippen molar-refractivity contribution in [3.05, 3.63) is 16.0 Å². The van der Waals surface area contributed by atoms with Crippen molar-refractivity contribution < 1.29 is 10.4 Å². The van der Waals surface area contributed by atoms with Crippen LogP contribution in [0.4, 0.5) is 0 Å². The van der Waals surface area contributed by atoms with Crippen LogP contribution in [0.15, 0.2) is 14.5 Å². The number of rotatable bonds is 2. The Labute approximate surface area is 121 Å². The van der Waals surface area contributed by atoms with Crippen molar-refractivity contribution >= 4 is 34.5 Å². The van der Waals surface area contributed by atoms with Crippen molar-refractivity contribution in [1.82, 2.24) is 0 Å². The molecule has 4 nitrogen and oxygen atoms in total. The van der Waals surface area contributed by atoms with Gasteiger partial charge in [0.1, 0.15) is 0 Å². The molecule has 6 heteroatoms. The van der Waals surface area contributed by atoms with Crippen molar-refractivity contribution in [2.24, 2.45) is 15.7 Å². The molecule has 1 aliphatic carbocycles. The van der Waals surface area contributed by atoms with Gasteiger partial charge in [0.05, 0.1) is 20.5 Å². The Morgan fingerprint density at radius 1 is 1.32 bits per heavy atom. The van der Waals surface area contributed by atoms with Gasteiger partial charge in [-0.1, -0.05) is 24.2 Å². The Hall–Kier alpha value is -1.01. The van der Waals surface area contributed by atoms with Gasteiger partial charge < -0.3 is 10.4 Å². The lowest BCUT2D eigenvalue weighted by Gasteiger charge is -2.31. The van der Waals surface area contributed by atoms with Crippen molar-refractivity contribution in [2.75, 3.05) is 6.26 Å². The van der Waals surface area contributed by atoms with Gasteiger partial charge in [0.15, 0.2) is 0 Å². The maximum atomic E-state index is 9.30. The fourth-order valence-electron chi connectivity index (χ4n) is 2.55. The molecule has 19 heavy (non-hydrogen) atoms. The number of thioether (sulfide) groups is 1. The second-order valence-corrected chi connectivity index (χ2v) is 7.62. The molecule has 0 spiro atoms. The molecule has 1 aromatic rings. The Balaban J connectivity index is 2.69. The average molecular weight is 298 g/mol. The summed E-state index contributed by atoms with van der Waals surface area (Å²) in [4.78, 5) is 0.996. The predicted molar refractivity (Wildman–Crippen MR) is 80.5 cm³/mol. The molecule has 1 aliphatic rings. The van der Waals surface area contributed by atoms with Gasteiger partial charge in [-0.15, -0.1) is 23.1 Å². The topological polar surface area (TPSA) is 65.2 Å². The van der Waals surface area contributed by atoms with Crippen LogP contribution >= 0.6 is 23.1 Å². The van der Waals surface area contributed by atoms with E-state index in [1.165, 1.54) is 0 Å². The SMILES string of the molecule is CSc1sc(/C(C)=N/O)c2c1/C(=N/O)CC(C)(C)C2. The minimum absolute atomic E-state index is 0.0514. The van der Waals surface area contributed by atoms with Gasteiger partial charge in [0, 0.05) is 5.56 Å². The summed E-state index contributed by atoms with van der Waals surface area (Å²) in [5.74, 6) is 0. The molecule has 0 saturated carbocycles. The highest BCUT2D eigenvalue weighted by Crippen LogP contribution is 2.44. The summed E-state index contributed by atoms with van der Waals surface area (Å²) in [6.45, 7) is 6.12. The molecule has 0 amide bonds. The molecule has 1 heterocycles. The van der Waals surface area contributed by atoms with Gasteiger partial charge in [-0.25, -0.2) is 0 Å². The number of thiophene rings is 1.